The molecule has 0 N–H and O–H groups in total. The quantitative estimate of drug-likeness (QED) is 0.856. The number of anilines is 1. The average molecular weight is 288 g/mol. The molecule has 2 aliphatic rings. The summed E-state index contributed by atoms with van der Waals surface area (Å²) in [5.74, 6) is 1.84. The summed E-state index contributed by atoms with van der Waals surface area (Å²) in [6.07, 6.45) is 10.6. The number of likely N-dealkylation sites (tertiary alicyclic amines) is 1. The van der Waals surface area contributed by atoms with Crippen molar-refractivity contribution in [2.45, 2.75) is 52.0 Å². The standard InChI is InChI=1S/C17H28N4/c1-14-10-18-11-17(19-14)21-9-5-7-16(13-21)12-20-8-4-3-6-15(20)2/h10-11,15-16H,3-9,12-13H2,1-2H3. The van der Waals surface area contributed by atoms with Crippen molar-refractivity contribution >= 4 is 5.82 Å². The van der Waals surface area contributed by atoms with Gasteiger partial charge >= 0.3 is 0 Å². The Hall–Kier alpha value is -1.16. The van der Waals surface area contributed by atoms with Crippen LogP contribution in [0.4, 0.5) is 5.82 Å². The smallest absolute Gasteiger partial charge is 0.147 e. The maximum absolute atomic E-state index is 4.64. The Bertz CT molecular complexity index is 462. The van der Waals surface area contributed by atoms with Crippen LogP contribution >= 0.6 is 0 Å². The molecule has 1 aromatic heterocycles. The van der Waals surface area contributed by atoms with Gasteiger partial charge in [0.2, 0.25) is 0 Å². The monoisotopic (exact) mass is 288 g/mol. The number of aryl methyl sites for hydroxylation is 1. The van der Waals surface area contributed by atoms with Gasteiger partial charge in [0.1, 0.15) is 5.82 Å². The van der Waals surface area contributed by atoms with E-state index in [1.54, 1.807) is 0 Å². The maximum Gasteiger partial charge on any atom is 0.147 e. The highest BCUT2D eigenvalue weighted by atomic mass is 15.2. The fraction of sp³-hybridized carbons (Fsp3) is 0.765. The van der Waals surface area contributed by atoms with Gasteiger partial charge in [-0.15, -0.1) is 0 Å². The Morgan fingerprint density at radius 3 is 2.86 bits per heavy atom. The van der Waals surface area contributed by atoms with E-state index in [4.69, 9.17) is 0 Å². The molecule has 0 bridgehead atoms. The number of aromatic nitrogens is 2. The Morgan fingerprint density at radius 2 is 2.05 bits per heavy atom. The van der Waals surface area contributed by atoms with Crippen molar-refractivity contribution in [2.75, 3.05) is 31.1 Å². The molecule has 0 aliphatic carbocycles. The highest BCUT2D eigenvalue weighted by Crippen LogP contribution is 2.25. The summed E-state index contributed by atoms with van der Waals surface area (Å²) in [6, 6.07) is 0.771. The normalized spacial score (nSPS) is 27.8. The topological polar surface area (TPSA) is 32.3 Å². The number of hydrogen-bond donors (Lipinski definition) is 0. The van der Waals surface area contributed by atoms with Crippen molar-refractivity contribution < 1.29 is 0 Å². The van der Waals surface area contributed by atoms with Gasteiger partial charge in [-0.25, -0.2) is 4.98 Å². The summed E-state index contributed by atoms with van der Waals surface area (Å²) in [7, 11) is 0. The van der Waals surface area contributed by atoms with E-state index in [1.807, 2.05) is 19.3 Å². The molecular weight excluding hydrogens is 260 g/mol. The maximum atomic E-state index is 4.64. The summed E-state index contributed by atoms with van der Waals surface area (Å²) < 4.78 is 0. The summed E-state index contributed by atoms with van der Waals surface area (Å²) >= 11 is 0. The summed E-state index contributed by atoms with van der Waals surface area (Å²) in [5, 5.41) is 0. The van der Waals surface area contributed by atoms with E-state index < -0.39 is 0 Å². The van der Waals surface area contributed by atoms with E-state index in [1.165, 1.54) is 45.2 Å². The lowest BCUT2D eigenvalue weighted by molar-refractivity contribution is 0.130. The first-order chi connectivity index (χ1) is 10.2. The van der Waals surface area contributed by atoms with E-state index in [0.29, 0.717) is 0 Å². The predicted octanol–water partition coefficient (Wildman–Crippen LogP) is 2.88. The fourth-order valence-corrected chi connectivity index (χ4v) is 3.79. The molecule has 4 nitrogen and oxygen atoms in total. The molecule has 3 heterocycles. The SMILES string of the molecule is Cc1cncc(N2CCCC(CN3CCCCC3C)C2)n1. The molecule has 0 aromatic carbocycles. The zero-order valence-electron chi connectivity index (χ0n) is 13.5. The number of hydrogen-bond acceptors (Lipinski definition) is 4. The molecule has 2 fully saturated rings. The van der Waals surface area contributed by atoms with Crippen LogP contribution in [0.2, 0.25) is 0 Å². The van der Waals surface area contributed by atoms with E-state index in [9.17, 15) is 0 Å². The molecule has 2 aliphatic heterocycles. The van der Waals surface area contributed by atoms with Crippen LogP contribution in [0.1, 0.15) is 44.7 Å². The lowest BCUT2D eigenvalue weighted by Crippen LogP contribution is -2.45. The van der Waals surface area contributed by atoms with E-state index in [-0.39, 0.29) is 0 Å². The summed E-state index contributed by atoms with van der Waals surface area (Å²) in [6.45, 7) is 9.24. The van der Waals surface area contributed by atoms with Gasteiger partial charge in [0.05, 0.1) is 11.9 Å². The van der Waals surface area contributed by atoms with Crippen molar-refractivity contribution in [3.63, 3.8) is 0 Å². The molecule has 0 saturated carbocycles. The predicted molar refractivity (Wildman–Crippen MR) is 86.6 cm³/mol. The molecule has 0 spiro atoms. The Labute approximate surface area is 128 Å². The van der Waals surface area contributed by atoms with Crippen molar-refractivity contribution in [3.05, 3.63) is 18.1 Å². The average Bonchev–Trinajstić information content (AvgIpc) is 2.50. The third-order valence-corrected chi connectivity index (χ3v) is 5.02. The van der Waals surface area contributed by atoms with Crippen LogP contribution in [0.3, 0.4) is 0 Å². The lowest BCUT2D eigenvalue weighted by atomic mass is 9.95. The molecule has 4 heteroatoms. The molecule has 3 rings (SSSR count). The largest absolute Gasteiger partial charge is 0.355 e. The Balaban J connectivity index is 1.60. The van der Waals surface area contributed by atoms with Crippen LogP contribution in [-0.4, -0.2) is 47.1 Å². The summed E-state index contributed by atoms with van der Waals surface area (Å²) in [4.78, 5) is 14.1. The van der Waals surface area contributed by atoms with Crippen LogP contribution in [0.15, 0.2) is 12.4 Å². The summed E-state index contributed by atoms with van der Waals surface area (Å²) in [5.41, 5.74) is 1.01. The number of rotatable bonds is 3. The second kappa shape index (κ2) is 6.73. The second-order valence-corrected chi connectivity index (χ2v) is 6.81. The number of piperidine rings is 2. The van der Waals surface area contributed by atoms with Gasteiger partial charge in [0, 0.05) is 31.9 Å². The molecule has 21 heavy (non-hydrogen) atoms. The van der Waals surface area contributed by atoms with Gasteiger partial charge in [-0.3, -0.25) is 4.98 Å². The molecule has 1 aromatic rings. The van der Waals surface area contributed by atoms with Crippen LogP contribution in [0.25, 0.3) is 0 Å². The lowest BCUT2D eigenvalue weighted by Gasteiger charge is -2.40. The van der Waals surface area contributed by atoms with E-state index >= 15 is 0 Å². The van der Waals surface area contributed by atoms with Crippen molar-refractivity contribution in [2.24, 2.45) is 5.92 Å². The molecule has 2 saturated heterocycles. The molecular formula is C17H28N4. The highest BCUT2D eigenvalue weighted by molar-refractivity contribution is 5.36. The van der Waals surface area contributed by atoms with Gasteiger partial charge in [-0.1, -0.05) is 6.42 Å². The first-order valence-electron chi connectivity index (χ1n) is 8.50. The van der Waals surface area contributed by atoms with Crippen molar-refractivity contribution in [1.29, 1.82) is 0 Å². The van der Waals surface area contributed by atoms with Crippen LogP contribution in [-0.2, 0) is 0 Å². The Morgan fingerprint density at radius 1 is 1.14 bits per heavy atom. The molecule has 2 atom stereocenters. The van der Waals surface area contributed by atoms with E-state index in [2.05, 4.69) is 26.7 Å². The first-order valence-corrected chi connectivity index (χ1v) is 8.50. The first kappa shape index (κ1) is 14.8. The van der Waals surface area contributed by atoms with Gasteiger partial charge in [0.25, 0.3) is 0 Å². The Kier molecular flexibility index (Phi) is 4.73. The zero-order chi connectivity index (χ0) is 14.7. The van der Waals surface area contributed by atoms with Gasteiger partial charge in [0.15, 0.2) is 0 Å². The van der Waals surface area contributed by atoms with Gasteiger partial charge < -0.3 is 9.80 Å². The molecule has 116 valence electrons. The van der Waals surface area contributed by atoms with Gasteiger partial charge in [-0.2, -0.15) is 0 Å². The molecule has 2 unspecified atom stereocenters. The third kappa shape index (κ3) is 3.73. The minimum Gasteiger partial charge on any atom is -0.355 e. The van der Waals surface area contributed by atoms with Crippen molar-refractivity contribution in [1.82, 2.24) is 14.9 Å². The van der Waals surface area contributed by atoms with Crippen LogP contribution in [0.5, 0.6) is 0 Å². The fourth-order valence-electron chi connectivity index (χ4n) is 3.79. The highest BCUT2D eigenvalue weighted by Gasteiger charge is 2.26. The minimum absolute atomic E-state index is 0.771. The third-order valence-electron chi connectivity index (χ3n) is 5.02. The number of nitrogens with zero attached hydrogens (tertiary/aromatic N) is 4. The second-order valence-electron chi connectivity index (χ2n) is 6.81. The minimum atomic E-state index is 0.771. The molecule has 0 radical (unpaired) electrons. The van der Waals surface area contributed by atoms with Crippen LogP contribution < -0.4 is 4.90 Å². The van der Waals surface area contributed by atoms with Crippen LogP contribution in [0, 0.1) is 12.8 Å². The van der Waals surface area contributed by atoms with E-state index in [0.717, 1.165) is 36.6 Å². The molecule has 0 amide bonds. The zero-order valence-corrected chi connectivity index (χ0v) is 13.5. The van der Waals surface area contributed by atoms with Crippen molar-refractivity contribution in [3.8, 4) is 0 Å². The van der Waals surface area contributed by atoms with Gasteiger partial charge in [-0.05, 0) is 52.0 Å².